The average molecular weight is 601 g/mol. The van der Waals surface area contributed by atoms with Gasteiger partial charge in [-0.1, -0.05) is 29.3 Å². The Kier molecular flexibility index (Phi) is 9.53. The lowest BCUT2D eigenvalue weighted by atomic mass is 10.2. The molecule has 0 bridgehead atoms. The molecule has 0 saturated heterocycles. The molecule has 2 N–H and O–H groups in total. The van der Waals surface area contributed by atoms with Crippen molar-refractivity contribution in [2.45, 2.75) is 24.7 Å². The van der Waals surface area contributed by atoms with Crippen LogP contribution >= 0.6 is 23.2 Å². The van der Waals surface area contributed by atoms with Crippen LogP contribution in [0.5, 0.6) is 5.75 Å². The fourth-order valence-corrected chi connectivity index (χ4v) is 6.04. The maximum Gasteiger partial charge on any atom is 0.262 e. The molecule has 0 saturated carbocycles. The highest BCUT2D eigenvalue weighted by Gasteiger charge is 2.21. The van der Waals surface area contributed by atoms with Crippen LogP contribution in [0.2, 0.25) is 10.0 Å². The smallest absolute Gasteiger partial charge is 0.262 e. The van der Waals surface area contributed by atoms with Gasteiger partial charge < -0.3 is 10.1 Å². The predicted molar refractivity (Wildman–Crippen MR) is 151 cm³/mol. The lowest BCUT2D eigenvalue weighted by molar-refractivity contribution is -0.116. The molecule has 0 atom stereocenters. The number of anilines is 3. The van der Waals surface area contributed by atoms with Crippen LogP contribution in [0, 0.1) is 6.92 Å². The van der Waals surface area contributed by atoms with Gasteiger partial charge in [0.05, 0.1) is 34.7 Å². The molecular formula is C25H27Cl2N3O6S2. The summed E-state index contributed by atoms with van der Waals surface area (Å²) in [7, 11) is -6.13. The third-order valence-electron chi connectivity index (χ3n) is 5.39. The summed E-state index contributed by atoms with van der Waals surface area (Å²) < 4.78 is 59.1. The van der Waals surface area contributed by atoms with Gasteiger partial charge >= 0.3 is 0 Å². The first-order valence-corrected chi connectivity index (χ1v) is 15.4. The molecule has 3 rings (SSSR count). The number of hydrogen-bond acceptors (Lipinski definition) is 6. The number of amides is 1. The molecule has 0 spiro atoms. The molecule has 3 aromatic rings. The number of hydrogen-bond donors (Lipinski definition) is 2. The Bertz CT molecular complexity index is 1530. The Hall–Kier alpha value is -2.99. The second kappa shape index (κ2) is 12.2. The number of aryl methyl sites for hydroxylation is 1. The number of nitrogens with one attached hydrogen (secondary N) is 2. The third-order valence-corrected chi connectivity index (χ3v) is 8.51. The van der Waals surface area contributed by atoms with E-state index < -0.39 is 20.0 Å². The number of benzene rings is 3. The van der Waals surface area contributed by atoms with Crippen molar-refractivity contribution in [3.05, 3.63) is 76.3 Å². The summed E-state index contributed by atoms with van der Waals surface area (Å²) in [6, 6.07) is 15.3. The van der Waals surface area contributed by atoms with Gasteiger partial charge in [0.2, 0.25) is 15.9 Å². The van der Waals surface area contributed by atoms with E-state index in [1.54, 1.807) is 24.3 Å². The Morgan fingerprint density at radius 2 is 1.66 bits per heavy atom. The molecular weight excluding hydrogens is 573 g/mol. The SMILES string of the molecule is COc1ccc(C)cc1NS(=O)(=O)c1ccc(NC(=O)CCCN(c2cc(Cl)ccc2Cl)S(C)(=O)=O)cc1. The number of ether oxygens (including phenoxy) is 1. The van der Waals surface area contributed by atoms with E-state index in [4.69, 9.17) is 27.9 Å². The monoisotopic (exact) mass is 599 g/mol. The van der Waals surface area contributed by atoms with Crippen LogP contribution in [0.4, 0.5) is 17.1 Å². The second-order valence-electron chi connectivity index (χ2n) is 8.42. The van der Waals surface area contributed by atoms with Crippen LogP contribution in [0.3, 0.4) is 0 Å². The maximum absolute atomic E-state index is 12.8. The number of rotatable bonds is 11. The van der Waals surface area contributed by atoms with Crippen molar-refractivity contribution in [1.29, 1.82) is 0 Å². The van der Waals surface area contributed by atoms with E-state index in [-0.39, 0.29) is 40.9 Å². The minimum atomic E-state index is -3.90. The lowest BCUT2D eigenvalue weighted by Gasteiger charge is -2.23. The Morgan fingerprint density at radius 3 is 2.29 bits per heavy atom. The summed E-state index contributed by atoms with van der Waals surface area (Å²) in [6.07, 6.45) is 1.26. The average Bonchev–Trinajstić information content (AvgIpc) is 2.83. The highest BCUT2D eigenvalue weighted by atomic mass is 35.5. The van der Waals surface area contributed by atoms with Gasteiger partial charge in [0.15, 0.2) is 0 Å². The summed E-state index contributed by atoms with van der Waals surface area (Å²) in [5, 5.41) is 3.22. The first kappa shape index (κ1) is 29.6. The predicted octanol–water partition coefficient (Wildman–Crippen LogP) is 5.30. The van der Waals surface area contributed by atoms with E-state index >= 15 is 0 Å². The van der Waals surface area contributed by atoms with Gasteiger partial charge in [0, 0.05) is 23.7 Å². The molecule has 38 heavy (non-hydrogen) atoms. The van der Waals surface area contributed by atoms with Crippen molar-refractivity contribution in [2.75, 3.05) is 34.3 Å². The van der Waals surface area contributed by atoms with Crippen LogP contribution < -0.4 is 19.1 Å². The number of carbonyl (C=O) groups is 1. The van der Waals surface area contributed by atoms with Crippen LogP contribution in [-0.4, -0.2) is 42.7 Å². The minimum Gasteiger partial charge on any atom is -0.495 e. The normalized spacial score (nSPS) is 11.6. The number of carbonyl (C=O) groups excluding carboxylic acids is 1. The summed E-state index contributed by atoms with van der Waals surface area (Å²) in [5.74, 6) is 0.0176. The molecule has 204 valence electrons. The molecule has 0 unspecified atom stereocenters. The molecule has 1 amide bonds. The zero-order valence-corrected chi connectivity index (χ0v) is 24.0. The summed E-state index contributed by atoms with van der Waals surface area (Å²) >= 11 is 12.2. The van der Waals surface area contributed by atoms with Crippen molar-refractivity contribution < 1.29 is 26.4 Å². The number of methoxy groups -OCH3 is 1. The number of nitrogens with zero attached hydrogens (tertiary/aromatic N) is 1. The minimum absolute atomic E-state index is 0.00116. The molecule has 0 heterocycles. The van der Waals surface area contributed by atoms with E-state index in [0.29, 0.717) is 22.1 Å². The van der Waals surface area contributed by atoms with Crippen molar-refractivity contribution in [3.63, 3.8) is 0 Å². The highest BCUT2D eigenvalue weighted by Crippen LogP contribution is 2.31. The van der Waals surface area contributed by atoms with E-state index in [1.165, 1.54) is 43.5 Å². The van der Waals surface area contributed by atoms with Gasteiger partial charge in [-0.3, -0.25) is 13.8 Å². The Balaban J connectivity index is 1.62. The van der Waals surface area contributed by atoms with Crippen molar-refractivity contribution in [3.8, 4) is 5.75 Å². The van der Waals surface area contributed by atoms with E-state index in [2.05, 4.69) is 10.0 Å². The highest BCUT2D eigenvalue weighted by molar-refractivity contribution is 7.92. The largest absolute Gasteiger partial charge is 0.495 e. The fraction of sp³-hybridized carbons (Fsp3) is 0.240. The van der Waals surface area contributed by atoms with Gasteiger partial charge in [0.1, 0.15) is 5.75 Å². The van der Waals surface area contributed by atoms with Crippen molar-refractivity contribution >= 4 is 66.2 Å². The Labute approximate surface area is 232 Å². The van der Waals surface area contributed by atoms with Gasteiger partial charge in [-0.05, 0) is 73.5 Å². The first-order valence-electron chi connectivity index (χ1n) is 11.3. The molecule has 0 radical (unpaired) electrons. The molecule has 0 aliphatic heterocycles. The van der Waals surface area contributed by atoms with Crippen LogP contribution in [0.15, 0.2) is 65.6 Å². The molecule has 3 aromatic carbocycles. The zero-order valence-electron chi connectivity index (χ0n) is 20.9. The first-order chi connectivity index (χ1) is 17.8. The lowest BCUT2D eigenvalue weighted by Crippen LogP contribution is -2.31. The van der Waals surface area contributed by atoms with Gasteiger partial charge in [-0.15, -0.1) is 0 Å². The molecule has 0 fully saturated rings. The third kappa shape index (κ3) is 7.76. The summed E-state index contributed by atoms with van der Waals surface area (Å²) in [5.41, 5.74) is 1.79. The molecule has 0 aliphatic rings. The van der Waals surface area contributed by atoms with Gasteiger partial charge in [0.25, 0.3) is 10.0 Å². The summed E-state index contributed by atoms with van der Waals surface area (Å²) in [6.45, 7) is 1.84. The van der Waals surface area contributed by atoms with E-state index in [0.717, 1.165) is 16.1 Å². The topological polar surface area (TPSA) is 122 Å². The van der Waals surface area contributed by atoms with Crippen molar-refractivity contribution in [2.24, 2.45) is 0 Å². The molecule has 0 aromatic heterocycles. The Morgan fingerprint density at radius 1 is 0.974 bits per heavy atom. The number of halogens is 2. The van der Waals surface area contributed by atoms with Crippen LogP contribution in [-0.2, 0) is 24.8 Å². The molecule has 9 nitrogen and oxygen atoms in total. The number of sulfonamides is 2. The van der Waals surface area contributed by atoms with Gasteiger partial charge in [-0.2, -0.15) is 0 Å². The standard InChI is InChI=1S/C25H27Cl2N3O6S2/c1-17-6-13-24(36-2)22(15-17)29-38(34,35)20-10-8-19(9-11-20)28-25(31)5-4-14-30(37(3,32)33)23-16-18(26)7-12-21(23)27/h6-13,15-16,29H,4-5,14H2,1-3H3,(H,28,31). The second-order valence-corrected chi connectivity index (χ2v) is 12.8. The quantitative estimate of drug-likeness (QED) is 0.308. The zero-order chi connectivity index (χ0) is 28.1. The van der Waals surface area contributed by atoms with E-state index in [1.807, 2.05) is 6.92 Å². The van der Waals surface area contributed by atoms with Gasteiger partial charge in [-0.25, -0.2) is 16.8 Å². The van der Waals surface area contributed by atoms with Crippen molar-refractivity contribution in [1.82, 2.24) is 0 Å². The van der Waals surface area contributed by atoms with E-state index in [9.17, 15) is 21.6 Å². The maximum atomic E-state index is 12.8. The summed E-state index contributed by atoms with van der Waals surface area (Å²) in [4.78, 5) is 12.5. The van der Waals surface area contributed by atoms with Crippen LogP contribution in [0.1, 0.15) is 18.4 Å². The van der Waals surface area contributed by atoms with Crippen LogP contribution in [0.25, 0.3) is 0 Å². The fourth-order valence-electron chi connectivity index (χ4n) is 3.57. The molecule has 13 heteroatoms. The molecule has 0 aliphatic carbocycles.